The van der Waals surface area contributed by atoms with Crippen LogP contribution in [0.4, 0.5) is 0 Å². The van der Waals surface area contributed by atoms with Crippen molar-refractivity contribution < 1.29 is 4.79 Å². The molecule has 4 aliphatic carbocycles. The zero-order valence-electron chi connectivity index (χ0n) is 10.8. The van der Waals surface area contributed by atoms with E-state index in [1.807, 2.05) is 0 Å². The summed E-state index contributed by atoms with van der Waals surface area (Å²) in [4.78, 5) is 3.19. The first kappa shape index (κ1) is 11.9. The lowest BCUT2D eigenvalue weighted by atomic mass is 9.94. The number of rotatable bonds is 1. The molecule has 0 amide bonds. The summed E-state index contributed by atoms with van der Waals surface area (Å²) < 4.78 is 0. The van der Waals surface area contributed by atoms with Crippen LogP contribution in [0.15, 0.2) is 42.5 Å². The van der Waals surface area contributed by atoms with Gasteiger partial charge >= 0.3 is 0 Å². The van der Waals surface area contributed by atoms with E-state index < -0.39 is 0 Å². The van der Waals surface area contributed by atoms with Gasteiger partial charge in [0.25, 0.3) is 6.21 Å². The van der Waals surface area contributed by atoms with Crippen LogP contribution in [0.5, 0.6) is 0 Å². The van der Waals surface area contributed by atoms with E-state index >= 15 is 0 Å². The molecule has 0 atom stereocenters. The van der Waals surface area contributed by atoms with Gasteiger partial charge in [0.05, 0.1) is 5.56 Å². The van der Waals surface area contributed by atoms with Crippen molar-refractivity contribution in [3.8, 4) is 0 Å². The Morgan fingerprint density at radius 1 is 0.789 bits per heavy atom. The van der Waals surface area contributed by atoms with Crippen LogP contribution in [0, 0.1) is 0 Å². The SMILES string of the molecule is [N-]=[N+]=Cc1cc2ccc1CCc1ccc(cc1)CC2. The molecule has 2 aromatic rings. The number of benzene rings is 2. The third kappa shape index (κ3) is 2.64. The van der Waals surface area contributed by atoms with Crippen molar-refractivity contribution in [1.82, 2.24) is 0 Å². The lowest BCUT2D eigenvalue weighted by molar-refractivity contribution is 0.00450. The van der Waals surface area contributed by atoms with E-state index in [1.54, 1.807) is 6.21 Å². The molecule has 6 rings (SSSR count). The van der Waals surface area contributed by atoms with Gasteiger partial charge in [-0.2, -0.15) is 4.79 Å². The second-order valence-corrected chi connectivity index (χ2v) is 5.09. The number of aryl methyl sites for hydroxylation is 4. The maximum absolute atomic E-state index is 8.79. The zero-order chi connectivity index (χ0) is 13.1. The van der Waals surface area contributed by atoms with E-state index in [4.69, 9.17) is 5.53 Å². The average Bonchev–Trinajstić information content (AvgIpc) is 2.43. The van der Waals surface area contributed by atoms with Gasteiger partial charge < -0.3 is 5.53 Å². The predicted octanol–water partition coefficient (Wildman–Crippen LogP) is 3.22. The van der Waals surface area contributed by atoms with E-state index in [2.05, 4.69) is 47.3 Å². The van der Waals surface area contributed by atoms with Crippen molar-refractivity contribution >= 4 is 6.21 Å². The molecule has 0 fully saturated rings. The molecule has 2 heteroatoms. The fourth-order valence-corrected chi connectivity index (χ4v) is 2.65. The Kier molecular flexibility index (Phi) is 3.26. The molecule has 94 valence electrons. The van der Waals surface area contributed by atoms with Crippen molar-refractivity contribution in [2.75, 3.05) is 0 Å². The van der Waals surface area contributed by atoms with Crippen LogP contribution in [0.3, 0.4) is 0 Å². The molecule has 0 spiro atoms. The summed E-state index contributed by atoms with van der Waals surface area (Å²) >= 11 is 0. The largest absolute Gasteiger partial charge is 0.361 e. The minimum Gasteiger partial charge on any atom is -0.361 e. The molecule has 0 saturated carbocycles. The maximum atomic E-state index is 8.79. The van der Waals surface area contributed by atoms with Crippen LogP contribution >= 0.6 is 0 Å². The third-order valence-corrected chi connectivity index (χ3v) is 3.82. The molecular formula is C17H16N2. The summed E-state index contributed by atoms with van der Waals surface area (Å²) in [5.74, 6) is 0. The van der Waals surface area contributed by atoms with Crippen molar-refractivity contribution in [2.45, 2.75) is 25.7 Å². The van der Waals surface area contributed by atoms with Gasteiger partial charge in [0.1, 0.15) is 0 Å². The summed E-state index contributed by atoms with van der Waals surface area (Å²) in [5, 5.41) is 0. The second-order valence-electron chi connectivity index (χ2n) is 5.09. The van der Waals surface area contributed by atoms with E-state index in [0.29, 0.717) is 0 Å². The van der Waals surface area contributed by atoms with Crippen molar-refractivity contribution in [2.24, 2.45) is 0 Å². The summed E-state index contributed by atoms with van der Waals surface area (Å²) in [6, 6.07) is 15.4. The highest BCUT2D eigenvalue weighted by atomic mass is 14.8. The van der Waals surface area contributed by atoms with E-state index in [-0.39, 0.29) is 0 Å². The van der Waals surface area contributed by atoms with Crippen molar-refractivity contribution in [3.05, 3.63) is 75.8 Å². The van der Waals surface area contributed by atoms with Gasteiger partial charge in [-0.3, -0.25) is 0 Å². The van der Waals surface area contributed by atoms with Gasteiger partial charge in [0, 0.05) is 0 Å². The fourth-order valence-electron chi connectivity index (χ4n) is 2.65. The van der Waals surface area contributed by atoms with Crippen LogP contribution in [0.25, 0.3) is 5.53 Å². The molecular weight excluding hydrogens is 232 g/mol. The molecule has 19 heavy (non-hydrogen) atoms. The van der Waals surface area contributed by atoms with Gasteiger partial charge in [-0.15, -0.1) is 0 Å². The van der Waals surface area contributed by atoms with E-state index in [9.17, 15) is 0 Å². The first-order chi connectivity index (χ1) is 9.35. The van der Waals surface area contributed by atoms with E-state index in [1.165, 1.54) is 22.3 Å². The first-order valence-corrected chi connectivity index (χ1v) is 6.72. The van der Waals surface area contributed by atoms with Gasteiger partial charge in [-0.1, -0.05) is 36.4 Å². The molecule has 4 bridgehead atoms. The van der Waals surface area contributed by atoms with Crippen LogP contribution in [-0.2, 0) is 25.7 Å². The molecule has 4 aliphatic rings. The summed E-state index contributed by atoms with van der Waals surface area (Å²) in [6.45, 7) is 0. The topological polar surface area (TPSA) is 36.4 Å². The Hall–Kier alpha value is -2.18. The van der Waals surface area contributed by atoms with Crippen LogP contribution < -0.4 is 0 Å². The Balaban J connectivity index is 2.03. The van der Waals surface area contributed by atoms with Crippen molar-refractivity contribution in [1.29, 1.82) is 0 Å². The summed E-state index contributed by atoms with van der Waals surface area (Å²) in [5.41, 5.74) is 15.1. The van der Waals surface area contributed by atoms with E-state index in [0.717, 1.165) is 31.2 Å². The number of hydrogen-bond acceptors (Lipinski definition) is 0. The fraction of sp³-hybridized carbons (Fsp3) is 0.235. The molecule has 0 heterocycles. The van der Waals surface area contributed by atoms with Crippen LogP contribution in [-0.4, -0.2) is 11.0 Å². The lowest BCUT2D eigenvalue weighted by Gasteiger charge is -2.10. The zero-order valence-corrected chi connectivity index (χ0v) is 10.8. The minimum atomic E-state index is 0.973. The normalized spacial score (nSPS) is 13.5. The molecule has 0 saturated heterocycles. The Morgan fingerprint density at radius 3 is 2.05 bits per heavy atom. The summed E-state index contributed by atoms with van der Waals surface area (Å²) in [6.07, 6.45) is 5.61. The highest BCUT2D eigenvalue weighted by Crippen LogP contribution is 2.18. The molecule has 2 aromatic carbocycles. The average molecular weight is 248 g/mol. The maximum Gasteiger partial charge on any atom is 0.288 e. The Morgan fingerprint density at radius 2 is 1.37 bits per heavy atom. The Bertz CT molecular complexity index is 635. The predicted molar refractivity (Wildman–Crippen MR) is 76.5 cm³/mol. The van der Waals surface area contributed by atoms with Gasteiger partial charge in [-0.05, 0) is 54.0 Å². The molecule has 0 radical (unpaired) electrons. The standard InChI is InChI=1S/C17H16N2/c18-19-12-17-11-15-6-5-13-1-3-14(4-2-13)7-9-16(17)10-8-15/h1-4,8,10-12H,5-7,9H2. The molecule has 0 aromatic heterocycles. The second kappa shape index (κ2) is 5.21. The monoisotopic (exact) mass is 248 g/mol. The molecule has 2 nitrogen and oxygen atoms in total. The van der Waals surface area contributed by atoms with Gasteiger partial charge in [0.15, 0.2) is 0 Å². The highest BCUT2D eigenvalue weighted by Gasteiger charge is 2.08. The van der Waals surface area contributed by atoms with Crippen LogP contribution in [0.1, 0.15) is 27.8 Å². The van der Waals surface area contributed by atoms with Crippen molar-refractivity contribution in [3.63, 3.8) is 0 Å². The number of nitrogens with zero attached hydrogens (tertiary/aromatic N) is 2. The summed E-state index contributed by atoms with van der Waals surface area (Å²) in [7, 11) is 0. The third-order valence-electron chi connectivity index (χ3n) is 3.82. The lowest BCUT2D eigenvalue weighted by Crippen LogP contribution is -2.02. The first-order valence-electron chi connectivity index (χ1n) is 6.72. The van der Waals surface area contributed by atoms with Crippen LogP contribution in [0.2, 0.25) is 0 Å². The van der Waals surface area contributed by atoms with Gasteiger partial charge in [-0.25, -0.2) is 0 Å². The quantitative estimate of drug-likeness (QED) is 0.422. The Labute approximate surface area is 113 Å². The highest BCUT2D eigenvalue weighted by molar-refractivity contribution is 5.78. The molecule has 0 N–H and O–H groups in total. The smallest absolute Gasteiger partial charge is 0.288 e. The molecule has 0 aliphatic heterocycles. The minimum absolute atomic E-state index is 0.973. The van der Waals surface area contributed by atoms with Gasteiger partial charge in [0.2, 0.25) is 0 Å². The molecule has 0 unspecified atom stereocenters. The number of hydrogen-bond donors (Lipinski definition) is 0.